The van der Waals surface area contributed by atoms with E-state index in [1.807, 2.05) is 0 Å². The second-order valence-electron chi connectivity index (χ2n) is 4.52. The molecule has 2 atom stereocenters. The fourth-order valence-electron chi connectivity index (χ4n) is 2.07. The van der Waals surface area contributed by atoms with Crippen LogP contribution in [0, 0.1) is 0 Å². The van der Waals surface area contributed by atoms with Gasteiger partial charge in [-0.1, -0.05) is 0 Å². The first-order valence-electron chi connectivity index (χ1n) is 6.01. The molecule has 2 unspecified atom stereocenters. The molecule has 2 aliphatic heterocycles. The van der Waals surface area contributed by atoms with Gasteiger partial charge in [-0.05, 0) is 19.3 Å². The molecule has 0 radical (unpaired) electrons. The number of hydrogen-bond donors (Lipinski definition) is 3. The molecular formula is C11H17ClN4O2. The normalized spacial score (nSPS) is 29.0. The lowest BCUT2D eigenvalue weighted by Crippen LogP contribution is -2.51. The average molecular weight is 273 g/mol. The van der Waals surface area contributed by atoms with E-state index in [0.29, 0.717) is 12.2 Å². The van der Waals surface area contributed by atoms with Crippen LogP contribution >= 0.6 is 11.6 Å². The number of hydrogen-bond acceptors (Lipinski definition) is 4. The summed E-state index contributed by atoms with van der Waals surface area (Å²) in [7, 11) is 1.70. The summed E-state index contributed by atoms with van der Waals surface area (Å²) in [6, 6.07) is -0.320. The van der Waals surface area contributed by atoms with Gasteiger partial charge in [-0.3, -0.25) is 20.0 Å². The largest absolute Gasteiger partial charge is 0.374 e. The number of carbonyl (C=O) groups is 2. The van der Waals surface area contributed by atoms with Gasteiger partial charge < -0.3 is 10.6 Å². The van der Waals surface area contributed by atoms with Crippen molar-refractivity contribution in [2.75, 3.05) is 13.6 Å². The zero-order valence-electron chi connectivity index (χ0n) is 10.2. The molecular weight excluding hydrogens is 256 g/mol. The Morgan fingerprint density at radius 3 is 2.94 bits per heavy atom. The molecule has 6 nitrogen and oxygen atoms in total. The van der Waals surface area contributed by atoms with Gasteiger partial charge in [0.1, 0.15) is 6.04 Å². The Morgan fingerprint density at radius 2 is 2.17 bits per heavy atom. The summed E-state index contributed by atoms with van der Waals surface area (Å²) in [5.74, 6) is -0.330. The van der Waals surface area contributed by atoms with Crippen LogP contribution in [0.15, 0.2) is 11.9 Å². The molecule has 3 N–H and O–H groups in total. The first-order valence-corrected chi connectivity index (χ1v) is 6.45. The van der Waals surface area contributed by atoms with Crippen LogP contribution in [0.25, 0.3) is 0 Å². The minimum Gasteiger partial charge on any atom is -0.374 e. The summed E-state index contributed by atoms with van der Waals surface area (Å²) in [6.45, 7) is 0.709. The smallest absolute Gasteiger partial charge is 0.262 e. The average Bonchev–Trinajstić information content (AvgIpc) is 2.51. The van der Waals surface area contributed by atoms with Crippen molar-refractivity contribution in [1.29, 1.82) is 0 Å². The summed E-state index contributed by atoms with van der Waals surface area (Å²) in [4.78, 5) is 23.3. The van der Waals surface area contributed by atoms with Gasteiger partial charge in [0, 0.05) is 19.8 Å². The van der Waals surface area contributed by atoms with Crippen molar-refractivity contribution in [3.05, 3.63) is 11.9 Å². The Morgan fingerprint density at radius 1 is 1.39 bits per heavy atom. The summed E-state index contributed by atoms with van der Waals surface area (Å²) in [5.41, 5.74) is 3.13. The summed E-state index contributed by atoms with van der Waals surface area (Å²) in [6.07, 6.45) is 4.39. The van der Waals surface area contributed by atoms with Gasteiger partial charge in [0.15, 0.2) is 5.38 Å². The zero-order valence-corrected chi connectivity index (χ0v) is 11.0. The van der Waals surface area contributed by atoms with Gasteiger partial charge in [0.2, 0.25) is 5.91 Å². The maximum Gasteiger partial charge on any atom is 0.262 e. The van der Waals surface area contributed by atoms with Gasteiger partial charge in [-0.2, -0.15) is 0 Å². The third-order valence-corrected chi connectivity index (χ3v) is 3.43. The molecule has 2 aliphatic rings. The molecule has 2 amide bonds. The molecule has 0 aromatic rings. The third-order valence-electron chi connectivity index (χ3n) is 3.00. The maximum atomic E-state index is 11.8. The molecule has 0 bridgehead atoms. The van der Waals surface area contributed by atoms with E-state index < -0.39 is 5.38 Å². The molecule has 7 heteroatoms. The number of hydrazine groups is 1. The van der Waals surface area contributed by atoms with Crippen LogP contribution in [-0.4, -0.2) is 41.8 Å². The lowest BCUT2D eigenvalue weighted by molar-refractivity contribution is -0.125. The van der Waals surface area contributed by atoms with Crippen molar-refractivity contribution in [3.8, 4) is 0 Å². The molecule has 0 aromatic carbocycles. The van der Waals surface area contributed by atoms with E-state index >= 15 is 0 Å². The Hall–Kier alpha value is -1.43. The molecule has 1 saturated heterocycles. The number of nitrogens with one attached hydrogen (secondary N) is 3. The monoisotopic (exact) mass is 272 g/mol. The van der Waals surface area contributed by atoms with Crippen LogP contribution in [0.2, 0.25) is 0 Å². The molecule has 0 saturated carbocycles. The molecule has 0 aliphatic carbocycles. The number of alkyl halides is 1. The van der Waals surface area contributed by atoms with Gasteiger partial charge in [0.05, 0.1) is 5.70 Å². The highest BCUT2D eigenvalue weighted by atomic mass is 35.5. The number of rotatable bonds is 2. The number of carbonyl (C=O) groups excluding carboxylic acids is 2. The fourth-order valence-corrected chi connectivity index (χ4v) is 2.23. The van der Waals surface area contributed by atoms with Crippen molar-refractivity contribution in [3.63, 3.8) is 0 Å². The molecule has 2 heterocycles. The van der Waals surface area contributed by atoms with E-state index in [-0.39, 0.29) is 17.9 Å². The Kier molecular flexibility index (Phi) is 3.96. The fraction of sp³-hybridized carbons (Fsp3) is 0.636. The molecule has 18 heavy (non-hydrogen) atoms. The van der Waals surface area contributed by atoms with Crippen LogP contribution in [0.1, 0.15) is 19.3 Å². The highest BCUT2D eigenvalue weighted by Crippen LogP contribution is 2.15. The van der Waals surface area contributed by atoms with Crippen molar-refractivity contribution in [2.24, 2.45) is 0 Å². The summed E-state index contributed by atoms with van der Waals surface area (Å²) < 4.78 is 0. The highest BCUT2D eigenvalue weighted by molar-refractivity contribution is 6.32. The molecule has 2 rings (SSSR count). The molecule has 0 aromatic heterocycles. The second kappa shape index (κ2) is 5.48. The summed E-state index contributed by atoms with van der Waals surface area (Å²) in [5, 5.41) is 6.65. The topological polar surface area (TPSA) is 73.5 Å². The second-order valence-corrected chi connectivity index (χ2v) is 4.95. The van der Waals surface area contributed by atoms with E-state index in [9.17, 15) is 9.59 Å². The van der Waals surface area contributed by atoms with E-state index in [0.717, 1.165) is 19.3 Å². The predicted molar refractivity (Wildman–Crippen MR) is 67.4 cm³/mol. The predicted octanol–water partition coefficient (Wildman–Crippen LogP) is -0.330. The third kappa shape index (κ3) is 2.87. The van der Waals surface area contributed by atoms with Crippen molar-refractivity contribution < 1.29 is 9.59 Å². The van der Waals surface area contributed by atoms with E-state index in [1.54, 1.807) is 13.2 Å². The van der Waals surface area contributed by atoms with E-state index in [4.69, 9.17) is 11.6 Å². The van der Waals surface area contributed by atoms with Crippen molar-refractivity contribution in [2.45, 2.75) is 30.7 Å². The summed E-state index contributed by atoms with van der Waals surface area (Å²) >= 11 is 6.00. The number of amides is 2. The van der Waals surface area contributed by atoms with Gasteiger partial charge >= 0.3 is 0 Å². The molecule has 100 valence electrons. The van der Waals surface area contributed by atoms with Gasteiger partial charge in [-0.25, -0.2) is 0 Å². The minimum absolute atomic E-state index is 0.0362. The van der Waals surface area contributed by atoms with Gasteiger partial charge in [0.25, 0.3) is 5.91 Å². The van der Waals surface area contributed by atoms with Crippen LogP contribution in [0.3, 0.4) is 0 Å². The Balaban J connectivity index is 2.07. The quantitative estimate of drug-likeness (QED) is 0.602. The highest BCUT2D eigenvalue weighted by Gasteiger charge is 2.29. The van der Waals surface area contributed by atoms with Crippen LogP contribution < -0.4 is 16.1 Å². The lowest BCUT2D eigenvalue weighted by atomic mass is 10.1. The maximum absolute atomic E-state index is 11.8. The number of nitrogens with zero attached hydrogens (tertiary/aromatic N) is 1. The van der Waals surface area contributed by atoms with Crippen molar-refractivity contribution in [1.82, 2.24) is 21.1 Å². The molecule has 0 spiro atoms. The molecule has 1 fully saturated rings. The Labute approximate surface area is 111 Å². The SMILES string of the molecule is CN1C=C(NC2CCCCNC2=O)C(Cl)C(=O)N1. The Bertz CT molecular complexity index is 385. The van der Waals surface area contributed by atoms with Gasteiger partial charge in [-0.15, -0.1) is 11.6 Å². The lowest BCUT2D eigenvalue weighted by Gasteiger charge is -2.29. The van der Waals surface area contributed by atoms with Crippen molar-refractivity contribution >= 4 is 23.4 Å². The minimum atomic E-state index is -0.780. The van der Waals surface area contributed by atoms with E-state index in [1.165, 1.54) is 5.01 Å². The first kappa shape index (κ1) is 13.0. The van der Waals surface area contributed by atoms with Crippen LogP contribution in [0.5, 0.6) is 0 Å². The van der Waals surface area contributed by atoms with E-state index in [2.05, 4.69) is 16.1 Å². The number of halogens is 1. The standard InChI is InChI=1S/C11H17ClN4O2/c1-16-6-8(9(12)11(18)15-16)14-7-4-2-3-5-13-10(7)17/h6-7,9,14H,2-5H2,1H3,(H,13,17)(H,15,18). The van der Waals surface area contributed by atoms with Crippen LogP contribution in [0.4, 0.5) is 0 Å². The van der Waals surface area contributed by atoms with Crippen LogP contribution in [-0.2, 0) is 9.59 Å². The first-order chi connectivity index (χ1) is 8.58. The zero-order chi connectivity index (χ0) is 13.1.